The van der Waals surface area contributed by atoms with Crippen LogP contribution in [0.3, 0.4) is 0 Å². The molecule has 0 unspecified atom stereocenters. The molecule has 1 amide bonds. The number of benzene rings is 2. The number of allylic oxidation sites excluding steroid dienone is 1. The minimum absolute atomic E-state index is 0.0895. The first-order chi connectivity index (χ1) is 16.5. The number of ketones is 1. The minimum Gasteiger partial charge on any atom is -0.379 e. The fourth-order valence-electron chi connectivity index (χ4n) is 3.26. The number of morpholine rings is 1. The van der Waals surface area contributed by atoms with E-state index >= 15 is 0 Å². The van der Waals surface area contributed by atoms with Crippen LogP contribution in [0.4, 0.5) is 25.3 Å². The highest BCUT2D eigenvalue weighted by Crippen LogP contribution is 2.25. The Balaban J connectivity index is 1.32. The van der Waals surface area contributed by atoms with Crippen LogP contribution < -0.4 is 10.6 Å². The van der Waals surface area contributed by atoms with E-state index in [9.17, 15) is 18.4 Å². The number of nitrogens with one attached hydrogen (secondary N) is 2. The maximum Gasteiger partial charge on any atom is 0.267 e. The van der Waals surface area contributed by atoms with Crippen molar-refractivity contribution in [2.75, 3.05) is 43.5 Å². The summed E-state index contributed by atoms with van der Waals surface area (Å²) >= 11 is 1.03. The van der Waals surface area contributed by atoms with Gasteiger partial charge in [-0.2, -0.15) is 0 Å². The number of ether oxygens (including phenoxy) is 1. The molecule has 1 aromatic heterocycles. The lowest BCUT2D eigenvalue weighted by molar-refractivity contribution is 0.0434. The zero-order valence-corrected chi connectivity index (χ0v) is 18.9. The predicted octanol–water partition coefficient (Wildman–Crippen LogP) is 4.49. The molecule has 3 aromatic rings. The van der Waals surface area contributed by atoms with E-state index in [4.69, 9.17) is 4.74 Å². The van der Waals surface area contributed by atoms with E-state index in [0.29, 0.717) is 36.1 Å². The number of hydrogen-bond donors (Lipinski definition) is 2. The molecule has 7 nitrogen and oxygen atoms in total. The van der Waals surface area contributed by atoms with E-state index in [0.717, 1.165) is 36.6 Å². The topological polar surface area (TPSA) is 83.6 Å². The van der Waals surface area contributed by atoms with Crippen LogP contribution >= 0.6 is 11.3 Å². The summed E-state index contributed by atoms with van der Waals surface area (Å²) in [6, 6.07) is 10.2. The van der Waals surface area contributed by atoms with Gasteiger partial charge >= 0.3 is 0 Å². The summed E-state index contributed by atoms with van der Waals surface area (Å²) < 4.78 is 32.8. The minimum atomic E-state index is -0.859. The molecule has 0 atom stereocenters. The third-order valence-electron chi connectivity index (χ3n) is 5.09. The van der Waals surface area contributed by atoms with Crippen molar-refractivity contribution in [3.8, 4) is 0 Å². The van der Waals surface area contributed by atoms with Crippen LogP contribution in [0.15, 0.2) is 60.8 Å². The number of nitrogens with zero attached hydrogens (tertiary/aromatic N) is 2. The molecule has 1 aliphatic rings. The number of halogens is 2. The Bertz CT molecular complexity index is 1170. The highest BCUT2D eigenvalue weighted by molar-refractivity contribution is 7.17. The molecule has 0 aliphatic carbocycles. The molecule has 176 valence electrons. The Kier molecular flexibility index (Phi) is 7.73. The van der Waals surface area contributed by atoms with Gasteiger partial charge in [-0.05, 0) is 42.5 Å². The van der Waals surface area contributed by atoms with Gasteiger partial charge in [0.2, 0.25) is 0 Å². The van der Waals surface area contributed by atoms with E-state index in [-0.39, 0.29) is 10.7 Å². The summed E-state index contributed by atoms with van der Waals surface area (Å²) in [5.41, 5.74) is 0.722. The number of para-hydroxylation sites is 1. The zero-order valence-electron chi connectivity index (χ0n) is 18.1. The molecule has 34 heavy (non-hydrogen) atoms. The molecule has 2 N–H and O–H groups in total. The van der Waals surface area contributed by atoms with Crippen LogP contribution in [-0.4, -0.2) is 54.4 Å². The van der Waals surface area contributed by atoms with Crippen molar-refractivity contribution in [1.82, 2.24) is 9.88 Å². The summed E-state index contributed by atoms with van der Waals surface area (Å²) in [6.07, 6.45) is 4.75. The van der Waals surface area contributed by atoms with Crippen LogP contribution in [-0.2, 0) is 4.74 Å². The molecule has 4 rings (SSSR count). The van der Waals surface area contributed by atoms with Gasteiger partial charge in [-0.1, -0.05) is 23.5 Å². The lowest BCUT2D eigenvalue weighted by atomic mass is 10.1. The van der Waals surface area contributed by atoms with Crippen molar-refractivity contribution in [3.63, 3.8) is 0 Å². The standard InChI is InChI=1S/C24H22F2N4O3S/c25-18-3-1-4-19(26)22(18)29-23(32)21-15-27-24(34-21)28-17-8-6-16(7-9-17)20(31)5-2-10-30-11-13-33-14-12-30/h1-9,15H,10-14H2,(H,27,28)(H,29,32)/b5-2+. The van der Waals surface area contributed by atoms with Gasteiger partial charge < -0.3 is 15.4 Å². The third-order valence-corrected chi connectivity index (χ3v) is 6.00. The molecule has 2 aromatic carbocycles. The first-order valence-electron chi connectivity index (χ1n) is 10.6. The Morgan fingerprint density at radius 2 is 1.79 bits per heavy atom. The predicted molar refractivity (Wildman–Crippen MR) is 127 cm³/mol. The highest BCUT2D eigenvalue weighted by atomic mass is 32.1. The monoisotopic (exact) mass is 484 g/mol. The van der Waals surface area contributed by atoms with Crippen molar-refractivity contribution in [1.29, 1.82) is 0 Å². The van der Waals surface area contributed by atoms with E-state index in [1.165, 1.54) is 12.3 Å². The molecule has 10 heteroatoms. The summed E-state index contributed by atoms with van der Waals surface area (Å²) in [5.74, 6) is -2.48. The normalized spacial score (nSPS) is 14.3. The second kappa shape index (κ2) is 11.1. The average molecular weight is 485 g/mol. The highest BCUT2D eigenvalue weighted by Gasteiger charge is 2.16. The zero-order chi connectivity index (χ0) is 23.9. The van der Waals surface area contributed by atoms with Crippen LogP contribution in [0.2, 0.25) is 0 Å². The Labute approximate surface area is 199 Å². The number of hydrogen-bond acceptors (Lipinski definition) is 7. The molecule has 0 bridgehead atoms. The van der Waals surface area contributed by atoms with Crippen LogP contribution in [0.5, 0.6) is 0 Å². The van der Waals surface area contributed by atoms with E-state index in [2.05, 4.69) is 20.5 Å². The van der Waals surface area contributed by atoms with Crippen molar-refractivity contribution in [3.05, 3.63) is 82.9 Å². The molecule has 2 heterocycles. The van der Waals surface area contributed by atoms with E-state index in [1.807, 2.05) is 6.08 Å². The van der Waals surface area contributed by atoms with Gasteiger partial charge in [0.1, 0.15) is 22.2 Å². The summed E-state index contributed by atoms with van der Waals surface area (Å²) in [7, 11) is 0. The summed E-state index contributed by atoms with van der Waals surface area (Å²) in [5, 5.41) is 5.70. The molecule has 1 fully saturated rings. The first kappa shape index (κ1) is 23.7. The number of amides is 1. The van der Waals surface area contributed by atoms with Crippen LogP contribution in [0, 0.1) is 11.6 Å². The number of rotatable bonds is 8. The number of anilines is 3. The van der Waals surface area contributed by atoms with E-state index in [1.54, 1.807) is 30.3 Å². The molecule has 1 aliphatic heterocycles. The van der Waals surface area contributed by atoms with Crippen molar-refractivity contribution < 1.29 is 23.1 Å². The second-order valence-electron chi connectivity index (χ2n) is 7.46. The van der Waals surface area contributed by atoms with Crippen LogP contribution in [0.25, 0.3) is 0 Å². The third kappa shape index (κ3) is 6.10. The lowest BCUT2D eigenvalue weighted by Gasteiger charge is -2.25. The average Bonchev–Trinajstić information content (AvgIpc) is 3.31. The van der Waals surface area contributed by atoms with Gasteiger partial charge in [-0.25, -0.2) is 13.8 Å². The lowest BCUT2D eigenvalue weighted by Crippen LogP contribution is -2.36. The molecule has 0 spiro atoms. The van der Waals surface area contributed by atoms with Crippen molar-refractivity contribution in [2.45, 2.75) is 0 Å². The molecule has 1 saturated heterocycles. The van der Waals surface area contributed by atoms with E-state index < -0.39 is 23.2 Å². The first-order valence-corrected chi connectivity index (χ1v) is 11.4. The molecule has 0 saturated carbocycles. The fraction of sp³-hybridized carbons (Fsp3) is 0.208. The largest absolute Gasteiger partial charge is 0.379 e. The SMILES string of the molecule is O=C(/C=C/CN1CCOCC1)c1ccc(Nc2ncc(C(=O)Nc3c(F)cccc3F)s2)cc1. The number of thiazole rings is 1. The fourth-order valence-corrected chi connectivity index (χ4v) is 3.99. The maximum absolute atomic E-state index is 13.7. The number of carbonyl (C=O) groups excluding carboxylic acids is 2. The van der Waals surface area contributed by atoms with Gasteiger partial charge in [0.05, 0.1) is 19.4 Å². The van der Waals surface area contributed by atoms with Gasteiger partial charge in [-0.15, -0.1) is 0 Å². The second-order valence-corrected chi connectivity index (χ2v) is 8.49. The number of carbonyl (C=O) groups is 2. The smallest absolute Gasteiger partial charge is 0.267 e. The molecule has 0 radical (unpaired) electrons. The van der Waals surface area contributed by atoms with Crippen molar-refractivity contribution >= 4 is 39.5 Å². The van der Waals surface area contributed by atoms with Gasteiger partial charge in [0, 0.05) is 30.9 Å². The summed E-state index contributed by atoms with van der Waals surface area (Å²) in [6.45, 7) is 3.85. The van der Waals surface area contributed by atoms with Gasteiger partial charge in [0.25, 0.3) is 5.91 Å². The molecular weight excluding hydrogens is 462 g/mol. The summed E-state index contributed by atoms with van der Waals surface area (Å²) in [4.78, 5) is 31.2. The van der Waals surface area contributed by atoms with Gasteiger partial charge in [0.15, 0.2) is 10.9 Å². The Hall–Kier alpha value is -3.47. The number of aromatic nitrogens is 1. The quantitative estimate of drug-likeness (QED) is 0.362. The molecular formula is C24H22F2N4O3S. The van der Waals surface area contributed by atoms with Crippen molar-refractivity contribution in [2.24, 2.45) is 0 Å². The Morgan fingerprint density at radius 1 is 1.09 bits per heavy atom. The van der Waals surface area contributed by atoms with Gasteiger partial charge in [-0.3, -0.25) is 14.5 Å². The maximum atomic E-state index is 13.7. The Morgan fingerprint density at radius 3 is 2.50 bits per heavy atom. The van der Waals surface area contributed by atoms with Crippen LogP contribution in [0.1, 0.15) is 20.0 Å².